The van der Waals surface area contributed by atoms with Crippen molar-refractivity contribution in [3.8, 4) is 0 Å². The van der Waals surface area contributed by atoms with Gasteiger partial charge < -0.3 is 9.64 Å². The summed E-state index contributed by atoms with van der Waals surface area (Å²) in [4.78, 5) is 37.5. The SMILES string of the molecule is CCOC(=O)C1CCN(C(=O)c2cccc(C)c2)CC1=O. The summed E-state index contributed by atoms with van der Waals surface area (Å²) in [6.45, 7) is 4.24. The van der Waals surface area contributed by atoms with Gasteiger partial charge in [-0.1, -0.05) is 17.7 Å². The van der Waals surface area contributed by atoms with Crippen LogP contribution in [0.3, 0.4) is 0 Å². The number of benzene rings is 1. The molecule has 1 atom stereocenters. The largest absolute Gasteiger partial charge is 0.465 e. The van der Waals surface area contributed by atoms with Crippen molar-refractivity contribution in [2.75, 3.05) is 19.7 Å². The lowest BCUT2D eigenvalue weighted by Crippen LogP contribution is -2.46. The van der Waals surface area contributed by atoms with Gasteiger partial charge in [-0.3, -0.25) is 14.4 Å². The molecule has 5 heteroatoms. The number of Topliss-reactive ketones (excluding diaryl/α,β-unsaturated/α-hetero) is 1. The second-order valence-corrected chi connectivity index (χ2v) is 5.16. The van der Waals surface area contributed by atoms with Gasteiger partial charge in [0.2, 0.25) is 0 Å². The number of hydrogen-bond donors (Lipinski definition) is 0. The topological polar surface area (TPSA) is 63.7 Å². The Balaban J connectivity index is 2.04. The molecule has 2 rings (SSSR count). The monoisotopic (exact) mass is 289 g/mol. The smallest absolute Gasteiger partial charge is 0.316 e. The van der Waals surface area contributed by atoms with Crippen molar-refractivity contribution in [1.82, 2.24) is 4.90 Å². The molecule has 0 aromatic heterocycles. The third-order valence-electron chi connectivity index (χ3n) is 3.55. The predicted octanol–water partition coefficient (Wildman–Crippen LogP) is 1.59. The molecular weight excluding hydrogens is 270 g/mol. The number of likely N-dealkylation sites (tertiary alicyclic amines) is 1. The van der Waals surface area contributed by atoms with Crippen molar-refractivity contribution in [3.05, 3.63) is 35.4 Å². The quantitative estimate of drug-likeness (QED) is 0.626. The molecule has 1 aliphatic heterocycles. The van der Waals surface area contributed by atoms with Crippen molar-refractivity contribution in [1.29, 1.82) is 0 Å². The zero-order valence-electron chi connectivity index (χ0n) is 12.3. The Hall–Kier alpha value is -2.17. The summed E-state index contributed by atoms with van der Waals surface area (Å²) >= 11 is 0. The minimum absolute atomic E-state index is 0.0315. The molecule has 1 aromatic carbocycles. The third-order valence-corrected chi connectivity index (χ3v) is 3.55. The van der Waals surface area contributed by atoms with Gasteiger partial charge in [-0.25, -0.2) is 0 Å². The van der Waals surface area contributed by atoms with Crippen molar-refractivity contribution >= 4 is 17.7 Å². The molecule has 0 spiro atoms. The van der Waals surface area contributed by atoms with Crippen LogP contribution >= 0.6 is 0 Å². The van der Waals surface area contributed by atoms with E-state index in [-0.39, 0.29) is 24.8 Å². The maximum absolute atomic E-state index is 12.4. The first-order valence-electron chi connectivity index (χ1n) is 7.08. The zero-order chi connectivity index (χ0) is 15.4. The molecule has 5 nitrogen and oxygen atoms in total. The van der Waals surface area contributed by atoms with Crippen LogP contribution in [0.2, 0.25) is 0 Å². The van der Waals surface area contributed by atoms with Crippen molar-refractivity contribution < 1.29 is 19.1 Å². The van der Waals surface area contributed by atoms with Gasteiger partial charge in [0, 0.05) is 12.1 Å². The van der Waals surface area contributed by atoms with E-state index in [1.807, 2.05) is 19.1 Å². The number of ether oxygens (including phenoxy) is 1. The number of aryl methyl sites for hydroxylation is 1. The number of hydrogen-bond acceptors (Lipinski definition) is 4. The second kappa shape index (κ2) is 6.52. The molecule has 1 aromatic rings. The van der Waals surface area contributed by atoms with E-state index in [1.165, 1.54) is 4.90 Å². The molecule has 0 bridgehead atoms. The second-order valence-electron chi connectivity index (χ2n) is 5.16. The summed E-state index contributed by atoms with van der Waals surface area (Å²) in [6, 6.07) is 7.26. The van der Waals surface area contributed by atoms with Crippen LogP contribution in [0.5, 0.6) is 0 Å². The average Bonchev–Trinajstić information content (AvgIpc) is 2.46. The summed E-state index contributed by atoms with van der Waals surface area (Å²) < 4.78 is 4.88. The molecule has 1 aliphatic rings. The van der Waals surface area contributed by atoms with Gasteiger partial charge in [-0.15, -0.1) is 0 Å². The average molecular weight is 289 g/mol. The standard InChI is InChI=1S/C16H19NO4/c1-3-21-16(20)13-7-8-17(10-14(13)18)15(19)12-6-4-5-11(2)9-12/h4-6,9,13H,3,7-8,10H2,1-2H3. The fourth-order valence-electron chi connectivity index (χ4n) is 2.45. The first kappa shape index (κ1) is 15.2. The van der Waals surface area contributed by atoms with E-state index in [2.05, 4.69) is 0 Å². The van der Waals surface area contributed by atoms with Crippen molar-refractivity contribution in [3.63, 3.8) is 0 Å². The number of amides is 1. The number of rotatable bonds is 3. The summed E-state index contributed by atoms with van der Waals surface area (Å²) in [5.41, 5.74) is 1.56. The highest BCUT2D eigenvalue weighted by molar-refractivity contribution is 6.04. The van der Waals surface area contributed by atoms with Gasteiger partial charge in [0.1, 0.15) is 5.92 Å². The summed E-state index contributed by atoms with van der Waals surface area (Å²) in [5.74, 6) is -1.63. The van der Waals surface area contributed by atoms with E-state index in [0.29, 0.717) is 18.5 Å². The summed E-state index contributed by atoms with van der Waals surface area (Å²) in [5, 5.41) is 0. The van der Waals surface area contributed by atoms with Crippen LogP contribution in [0.1, 0.15) is 29.3 Å². The van der Waals surface area contributed by atoms with Gasteiger partial charge in [0.15, 0.2) is 5.78 Å². The van der Waals surface area contributed by atoms with Gasteiger partial charge >= 0.3 is 5.97 Å². The highest BCUT2D eigenvalue weighted by atomic mass is 16.5. The van der Waals surface area contributed by atoms with Gasteiger partial charge in [-0.05, 0) is 32.4 Å². The summed E-state index contributed by atoms with van der Waals surface area (Å²) in [6.07, 6.45) is 0.329. The Kier molecular flexibility index (Phi) is 4.73. The molecule has 112 valence electrons. The number of esters is 1. The molecule has 1 unspecified atom stereocenters. The van der Waals surface area contributed by atoms with E-state index in [4.69, 9.17) is 4.74 Å². The molecule has 1 fully saturated rings. The molecule has 1 heterocycles. The number of piperidine rings is 1. The van der Waals surface area contributed by atoms with Crippen molar-refractivity contribution in [2.45, 2.75) is 20.3 Å². The number of ketones is 1. The predicted molar refractivity (Wildman–Crippen MR) is 76.8 cm³/mol. The molecule has 0 saturated carbocycles. The third kappa shape index (κ3) is 3.48. The Morgan fingerprint density at radius 3 is 2.76 bits per heavy atom. The van der Waals surface area contributed by atoms with E-state index >= 15 is 0 Å². The first-order valence-corrected chi connectivity index (χ1v) is 7.08. The van der Waals surface area contributed by atoms with Crippen LogP contribution < -0.4 is 0 Å². The van der Waals surface area contributed by atoms with Crippen LogP contribution in [0.25, 0.3) is 0 Å². The Morgan fingerprint density at radius 2 is 2.14 bits per heavy atom. The maximum atomic E-state index is 12.4. The lowest BCUT2D eigenvalue weighted by Gasteiger charge is -2.29. The van der Waals surface area contributed by atoms with E-state index in [0.717, 1.165) is 5.56 Å². The number of carbonyl (C=O) groups is 3. The minimum atomic E-state index is -0.730. The fourth-order valence-corrected chi connectivity index (χ4v) is 2.45. The Bertz CT molecular complexity index is 567. The molecule has 0 N–H and O–H groups in total. The summed E-state index contributed by atoms with van der Waals surface area (Å²) in [7, 11) is 0. The number of carbonyl (C=O) groups excluding carboxylic acids is 3. The highest BCUT2D eigenvalue weighted by Crippen LogP contribution is 2.18. The highest BCUT2D eigenvalue weighted by Gasteiger charge is 2.35. The van der Waals surface area contributed by atoms with E-state index < -0.39 is 11.9 Å². The van der Waals surface area contributed by atoms with Crippen LogP contribution in [-0.4, -0.2) is 42.3 Å². The molecule has 0 aliphatic carbocycles. The molecule has 1 saturated heterocycles. The normalized spacial score (nSPS) is 18.5. The fraction of sp³-hybridized carbons (Fsp3) is 0.438. The molecule has 0 radical (unpaired) electrons. The van der Waals surface area contributed by atoms with Crippen LogP contribution in [0.4, 0.5) is 0 Å². The van der Waals surface area contributed by atoms with Crippen molar-refractivity contribution in [2.24, 2.45) is 5.92 Å². The van der Waals surface area contributed by atoms with E-state index in [9.17, 15) is 14.4 Å². The molecular formula is C16H19NO4. The van der Waals surface area contributed by atoms with Gasteiger partial charge in [0.05, 0.1) is 13.2 Å². The number of nitrogens with zero attached hydrogens (tertiary/aromatic N) is 1. The molecule has 21 heavy (non-hydrogen) atoms. The minimum Gasteiger partial charge on any atom is -0.465 e. The van der Waals surface area contributed by atoms with Gasteiger partial charge in [-0.2, -0.15) is 0 Å². The molecule has 1 amide bonds. The first-order chi connectivity index (χ1) is 10.0. The maximum Gasteiger partial charge on any atom is 0.316 e. The van der Waals surface area contributed by atoms with Crippen LogP contribution in [0, 0.1) is 12.8 Å². The Labute approximate surface area is 123 Å². The van der Waals surface area contributed by atoms with Gasteiger partial charge in [0.25, 0.3) is 5.91 Å². The van der Waals surface area contributed by atoms with Crippen LogP contribution in [-0.2, 0) is 14.3 Å². The lowest BCUT2D eigenvalue weighted by molar-refractivity contribution is -0.153. The Morgan fingerprint density at radius 1 is 1.38 bits per heavy atom. The lowest BCUT2D eigenvalue weighted by atomic mass is 9.95. The van der Waals surface area contributed by atoms with E-state index in [1.54, 1.807) is 19.1 Å². The van der Waals surface area contributed by atoms with Crippen LogP contribution in [0.15, 0.2) is 24.3 Å². The zero-order valence-corrected chi connectivity index (χ0v) is 12.3.